The fraction of sp³-hybridized carbons (Fsp3) is 0. The van der Waals surface area contributed by atoms with Gasteiger partial charge < -0.3 is 0 Å². The van der Waals surface area contributed by atoms with Crippen molar-refractivity contribution in [1.29, 1.82) is 5.26 Å². The minimum atomic E-state index is 0.291. The van der Waals surface area contributed by atoms with Gasteiger partial charge in [-0.1, -0.05) is 23.5 Å². The average molecular weight is 310 g/mol. The Bertz CT molecular complexity index is 997. The quantitative estimate of drug-likeness (QED) is 0.566. The molecule has 0 radical (unpaired) electrons. The van der Waals surface area contributed by atoms with Crippen LogP contribution in [0.15, 0.2) is 46.8 Å². The smallest absolute Gasteiger partial charge is 0.217 e. The molecule has 0 amide bonds. The van der Waals surface area contributed by atoms with Gasteiger partial charge in [-0.05, 0) is 23.9 Å². The van der Waals surface area contributed by atoms with E-state index in [1.807, 2.05) is 34.7 Å². The van der Waals surface area contributed by atoms with E-state index >= 15 is 0 Å². The molecule has 21 heavy (non-hydrogen) atoms. The van der Waals surface area contributed by atoms with Gasteiger partial charge in [0.15, 0.2) is 5.69 Å². The Balaban J connectivity index is 1.89. The van der Waals surface area contributed by atoms with Crippen LogP contribution in [0.4, 0.5) is 0 Å². The zero-order valence-electron chi connectivity index (χ0n) is 10.5. The number of rotatable bonds is 2. The summed E-state index contributed by atoms with van der Waals surface area (Å²) >= 11 is 2.87. The Labute approximate surface area is 127 Å². The highest BCUT2D eigenvalue weighted by atomic mass is 32.2. The van der Waals surface area contributed by atoms with Crippen LogP contribution in [-0.2, 0) is 0 Å². The van der Waals surface area contributed by atoms with Crippen molar-refractivity contribution in [3.05, 3.63) is 42.4 Å². The fourth-order valence-corrected chi connectivity index (χ4v) is 3.85. The van der Waals surface area contributed by atoms with Crippen molar-refractivity contribution in [3.8, 4) is 6.07 Å². The van der Waals surface area contributed by atoms with Crippen molar-refractivity contribution < 1.29 is 0 Å². The van der Waals surface area contributed by atoms with Gasteiger partial charge in [-0.3, -0.25) is 4.40 Å². The maximum Gasteiger partial charge on any atom is 0.217 e. The summed E-state index contributed by atoms with van der Waals surface area (Å²) in [6.07, 6.45) is 3.06. The Kier molecular flexibility index (Phi) is 2.80. The summed E-state index contributed by atoms with van der Waals surface area (Å²) < 4.78 is 3.12. The zero-order chi connectivity index (χ0) is 14.2. The second-order valence-corrected chi connectivity index (χ2v) is 6.06. The lowest BCUT2D eigenvalue weighted by molar-refractivity contribution is 0.929. The van der Waals surface area contributed by atoms with Crippen molar-refractivity contribution >= 4 is 38.3 Å². The molecule has 0 N–H and O–H groups in total. The summed E-state index contributed by atoms with van der Waals surface area (Å²) in [4.78, 5) is 9.02. The summed E-state index contributed by atoms with van der Waals surface area (Å²) in [5, 5.41) is 18.7. The molecule has 0 aliphatic rings. The van der Waals surface area contributed by atoms with Crippen LogP contribution < -0.4 is 0 Å². The van der Waals surface area contributed by atoms with Crippen LogP contribution in [0.25, 0.3) is 15.2 Å². The van der Waals surface area contributed by atoms with Crippen LogP contribution in [-0.4, -0.2) is 24.6 Å². The maximum absolute atomic E-state index is 9.09. The number of hydrogen-bond acceptors (Lipinski definition) is 7. The number of aromatic nitrogens is 5. The van der Waals surface area contributed by atoms with Crippen LogP contribution in [0, 0.1) is 11.3 Å². The van der Waals surface area contributed by atoms with E-state index in [-0.39, 0.29) is 0 Å². The van der Waals surface area contributed by atoms with Gasteiger partial charge in [0.2, 0.25) is 10.1 Å². The number of nitriles is 1. The Morgan fingerprint density at radius 3 is 2.90 bits per heavy atom. The molecule has 4 rings (SSSR count). The van der Waals surface area contributed by atoms with Crippen LogP contribution in [0.3, 0.4) is 0 Å². The average Bonchev–Trinajstić information content (AvgIpc) is 3.08. The predicted octanol–water partition coefficient (Wildman–Crippen LogP) is 2.76. The third kappa shape index (κ3) is 1.94. The molecule has 0 atom stereocenters. The van der Waals surface area contributed by atoms with Gasteiger partial charge in [0.05, 0.1) is 10.2 Å². The number of nitrogens with zero attached hydrogens (tertiary/aromatic N) is 6. The van der Waals surface area contributed by atoms with Crippen LogP contribution in [0.1, 0.15) is 5.69 Å². The summed E-state index contributed by atoms with van der Waals surface area (Å²) in [6.45, 7) is 0. The van der Waals surface area contributed by atoms with E-state index < -0.39 is 0 Å². The highest BCUT2D eigenvalue weighted by Crippen LogP contribution is 2.32. The maximum atomic E-state index is 9.09. The molecule has 0 aliphatic heterocycles. The first kappa shape index (κ1) is 12.3. The lowest BCUT2D eigenvalue weighted by Gasteiger charge is -1.99. The zero-order valence-corrected chi connectivity index (χ0v) is 12.1. The molecule has 6 nitrogen and oxygen atoms in total. The third-order valence-corrected chi connectivity index (χ3v) is 4.82. The minimum Gasteiger partial charge on any atom is -0.260 e. The molecular formula is C13H6N6S2. The SMILES string of the molecule is N#Cc1nccnc1Sc1nnc2sc3ccccc3n12. The van der Waals surface area contributed by atoms with E-state index in [1.54, 1.807) is 17.5 Å². The molecule has 8 heteroatoms. The topological polar surface area (TPSA) is 79.8 Å². The van der Waals surface area contributed by atoms with Crippen LogP contribution in [0.5, 0.6) is 0 Å². The van der Waals surface area contributed by atoms with Gasteiger partial charge in [-0.15, -0.1) is 10.2 Å². The molecule has 3 aromatic heterocycles. The summed E-state index contributed by atoms with van der Waals surface area (Å²) in [6, 6.07) is 10.1. The van der Waals surface area contributed by atoms with E-state index in [4.69, 9.17) is 5.26 Å². The molecule has 4 aromatic rings. The number of fused-ring (bicyclic) bond motifs is 3. The lowest BCUT2D eigenvalue weighted by Crippen LogP contribution is -1.92. The molecule has 3 heterocycles. The summed E-state index contributed by atoms with van der Waals surface area (Å²) in [5.74, 6) is 0. The molecule has 0 saturated heterocycles. The van der Waals surface area contributed by atoms with Crippen LogP contribution >= 0.6 is 23.1 Å². The first-order valence-corrected chi connectivity index (χ1v) is 7.62. The van der Waals surface area contributed by atoms with Gasteiger partial charge in [0.25, 0.3) is 0 Å². The Morgan fingerprint density at radius 1 is 1.14 bits per heavy atom. The standard InChI is InChI=1S/C13H6N6S2/c14-7-8-11(16-6-5-15-8)21-13-18-17-12-19(13)9-3-1-2-4-10(9)20-12/h1-6H. The van der Waals surface area contributed by atoms with E-state index in [0.717, 1.165) is 15.2 Å². The summed E-state index contributed by atoms with van der Waals surface area (Å²) in [5.41, 5.74) is 1.34. The molecule has 0 aliphatic carbocycles. The van der Waals surface area contributed by atoms with E-state index in [2.05, 4.69) is 20.2 Å². The molecule has 0 fully saturated rings. The third-order valence-electron chi connectivity index (χ3n) is 2.87. The van der Waals surface area contributed by atoms with Crippen molar-refractivity contribution in [2.75, 3.05) is 0 Å². The highest BCUT2D eigenvalue weighted by Gasteiger charge is 2.15. The van der Waals surface area contributed by atoms with Crippen molar-refractivity contribution in [3.63, 3.8) is 0 Å². The highest BCUT2D eigenvalue weighted by molar-refractivity contribution is 7.99. The first-order chi connectivity index (χ1) is 10.4. The van der Waals surface area contributed by atoms with Gasteiger partial charge in [0.1, 0.15) is 11.1 Å². The first-order valence-electron chi connectivity index (χ1n) is 5.98. The van der Waals surface area contributed by atoms with E-state index in [1.165, 1.54) is 18.0 Å². The van der Waals surface area contributed by atoms with Crippen molar-refractivity contribution in [1.82, 2.24) is 24.6 Å². The van der Waals surface area contributed by atoms with E-state index in [9.17, 15) is 0 Å². The normalized spacial score (nSPS) is 11.0. The van der Waals surface area contributed by atoms with Crippen LogP contribution in [0.2, 0.25) is 0 Å². The van der Waals surface area contributed by atoms with Gasteiger partial charge >= 0.3 is 0 Å². The second kappa shape index (κ2) is 4.80. The molecular weight excluding hydrogens is 304 g/mol. The molecule has 0 bridgehead atoms. The van der Waals surface area contributed by atoms with Gasteiger partial charge in [0, 0.05) is 12.4 Å². The van der Waals surface area contributed by atoms with Crippen molar-refractivity contribution in [2.24, 2.45) is 0 Å². The largest absolute Gasteiger partial charge is 0.260 e. The molecule has 0 spiro atoms. The molecule has 1 aromatic carbocycles. The van der Waals surface area contributed by atoms with Gasteiger partial charge in [-0.2, -0.15) is 5.26 Å². The number of para-hydroxylation sites is 1. The van der Waals surface area contributed by atoms with Gasteiger partial charge in [-0.25, -0.2) is 9.97 Å². The Hall–Kier alpha value is -2.50. The summed E-state index contributed by atoms with van der Waals surface area (Å²) in [7, 11) is 0. The molecule has 100 valence electrons. The second-order valence-electron chi connectivity index (χ2n) is 4.09. The molecule has 0 saturated carbocycles. The van der Waals surface area contributed by atoms with E-state index in [0.29, 0.717) is 15.9 Å². The Morgan fingerprint density at radius 2 is 2.00 bits per heavy atom. The van der Waals surface area contributed by atoms with Crippen molar-refractivity contribution in [2.45, 2.75) is 10.2 Å². The predicted molar refractivity (Wildman–Crippen MR) is 79.2 cm³/mol. The fourth-order valence-electron chi connectivity index (χ4n) is 1.98. The minimum absolute atomic E-state index is 0.291. The number of thiazole rings is 1. The molecule has 0 unspecified atom stereocenters. The monoisotopic (exact) mass is 310 g/mol. The number of benzene rings is 1. The lowest BCUT2D eigenvalue weighted by atomic mass is 10.3. The number of hydrogen-bond donors (Lipinski definition) is 0.